The van der Waals surface area contributed by atoms with Gasteiger partial charge in [-0.15, -0.1) is 0 Å². The smallest absolute Gasteiger partial charge is 0.220 e. The molecule has 0 saturated heterocycles. The van der Waals surface area contributed by atoms with Crippen LogP contribution in [0.15, 0.2) is 267 Å². The van der Waals surface area contributed by atoms with Crippen LogP contribution in [0.3, 0.4) is 0 Å². The highest BCUT2D eigenvalue weighted by molar-refractivity contribution is 6.03. The van der Waals surface area contributed by atoms with Crippen molar-refractivity contribution in [2.75, 3.05) is 5.32 Å². The van der Waals surface area contributed by atoms with E-state index in [-0.39, 0.29) is 0 Å². The first kappa shape index (κ1) is 44.2. The number of nitrogens with zero attached hydrogens (tertiary/aromatic N) is 6. The molecule has 3 heterocycles. The van der Waals surface area contributed by atoms with Crippen LogP contribution in [0.4, 0.5) is 11.4 Å². The molecule has 0 amide bonds. The monoisotopic (exact) mass is 971 g/mol. The summed E-state index contributed by atoms with van der Waals surface area (Å²) in [6.07, 6.45) is 1.90. The van der Waals surface area contributed by atoms with E-state index in [2.05, 4.69) is 237 Å². The zero-order chi connectivity index (χ0) is 50.5. The van der Waals surface area contributed by atoms with Gasteiger partial charge in [0, 0.05) is 22.5 Å². The number of para-hydroxylation sites is 2. The van der Waals surface area contributed by atoms with E-state index in [0.29, 0.717) is 5.56 Å². The fourth-order valence-electron chi connectivity index (χ4n) is 11.0. The van der Waals surface area contributed by atoms with Crippen molar-refractivity contribution < 1.29 is 0 Å². The van der Waals surface area contributed by atoms with Gasteiger partial charge >= 0.3 is 0 Å². The van der Waals surface area contributed by atoms with Gasteiger partial charge in [-0.1, -0.05) is 182 Å². The Bertz CT molecular complexity index is 4520. The zero-order valence-corrected chi connectivity index (χ0v) is 41.1. The highest BCUT2D eigenvalue weighted by Gasteiger charge is 2.26. The molecule has 0 atom stereocenters. The Kier molecular flexibility index (Phi) is 10.7. The summed E-state index contributed by atoms with van der Waals surface area (Å²) < 4.78 is 6.69. The van der Waals surface area contributed by atoms with Crippen LogP contribution < -0.4 is 5.32 Å². The molecule has 1 N–H and O–H groups in total. The molecule has 76 heavy (non-hydrogen) atoms. The Labute approximate surface area is 439 Å². The summed E-state index contributed by atoms with van der Waals surface area (Å²) in [5.74, 6) is 0.808. The van der Waals surface area contributed by atoms with Crippen LogP contribution in [0.1, 0.15) is 5.56 Å². The van der Waals surface area contributed by atoms with E-state index >= 15 is 0 Å². The molecule has 0 bridgehead atoms. The number of benzene rings is 11. The molecule has 11 aromatic carbocycles. The third kappa shape index (κ3) is 7.60. The van der Waals surface area contributed by atoms with Crippen molar-refractivity contribution in [3.63, 3.8) is 0 Å². The summed E-state index contributed by atoms with van der Waals surface area (Å²) in [5, 5.41) is 15.8. The fraction of sp³-hybridized carbons (Fsp3) is 0. The van der Waals surface area contributed by atoms with Gasteiger partial charge in [-0.05, 0) is 134 Å². The Hall–Kier alpha value is -10.6. The van der Waals surface area contributed by atoms with Crippen molar-refractivity contribution in [2.45, 2.75) is 0 Å². The van der Waals surface area contributed by atoms with Crippen molar-refractivity contribution in [1.29, 1.82) is 5.26 Å². The first-order chi connectivity index (χ1) is 37.6. The molecule has 14 aromatic rings. The van der Waals surface area contributed by atoms with Gasteiger partial charge < -0.3 is 5.32 Å². The van der Waals surface area contributed by atoms with Crippen LogP contribution >= 0.6 is 0 Å². The van der Waals surface area contributed by atoms with Gasteiger partial charge in [-0.25, -0.2) is 9.97 Å². The van der Waals surface area contributed by atoms with E-state index in [1.165, 1.54) is 0 Å². The minimum Gasteiger partial charge on any atom is -0.354 e. The largest absolute Gasteiger partial charge is 0.354 e. The minimum absolute atomic E-state index is 0.566. The van der Waals surface area contributed by atoms with Gasteiger partial charge in [-0.2, -0.15) is 5.26 Å². The molecule has 0 radical (unpaired) electrons. The summed E-state index contributed by atoms with van der Waals surface area (Å²) in [4.78, 5) is 10.3. The quantitative estimate of drug-likeness (QED) is 0.148. The number of hydrogen-bond donors (Lipinski definition) is 1. The second-order valence-corrected chi connectivity index (χ2v) is 19.0. The Morgan fingerprint density at radius 2 is 0.895 bits per heavy atom. The van der Waals surface area contributed by atoms with E-state index in [9.17, 15) is 5.26 Å². The van der Waals surface area contributed by atoms with Gasteiger partial charge in [0.15, 0.2) is 0 Å². The zero-order valence-electron chi connectivity index (χ0n) is 41.1. The highest BCUT2D eigenvalue weighted by atomic mass is 15.2. The van der Waals surface area contributed by atoms with Gasteiger partial charge in [0.25, 0.3) is 0 Å². The molecule has 7 nitrogen and oxygen atoms in total. The van der Waals surface area contributed by atoms with Crippen molar-refractivity contribution in [3.05, 3.63) is 273 Å². The van der Waals surface area contributed by atoms with E-state index in [1.54, 1.807) is 0 Å². The van der Waals surface area contributed by atoms with E-state index in [0.717, 1.165) is 128 Å². The summed E-state index contributed by atoms with van der Waals surface area (Å²) in [7, 11) is 0. The van der Waals surface area contributed by atoms with Gasteiger partial charge in [0.05, 0.1) is 50.0 Å². The lowest BCUT2D eigenvalue weighted by atomic mass is 9.81. The predicted molar refractivity (Wildman–Crippen MR) is 311 cm³/mol. The number of rotatable bonds is 10. The van der Waals surface area contributed by atoms with Crippen LogP contribution in [-0.2, 0) is 0 Å². The van der Waals surface area contributed by atoms with E-state index < -0.39 is 0 Å². The third-order valence-corrected chi connectivity index (χ3v) is 14.6. The summed E-state index contributed by atoms with van der Waals surface area (Å²) >= 11 is 0. The summed E-state index contributed by atoms with van der Waals surface area (Å²) in [6, 6.07) is 93.7. The summed E-state index contributed by atoms with van der Waals surface area (Å²) in [6.45, 7) is 0. The lowest BCUT2D eigenvalue weighted by Gasteiger charge is -2.22. The summed E-state index contributed by atoms with van der Waals surface area (Å²) in [5.41, 5.74) is 21.9. The van der Waals surface area contributed by atoms with Crippen LogP contribution in [0.5, 0.6) is 0 Å². The second kappa shape index (κ2) is 18.5. The van der Waals surface area contributed by atoms with Gasteiger partial charge in [0.1, 0.15) is 12.4 Å². The maximum absolute atomic E-state index is 12.0. The molecule has 7 heteroatoms. The molecule has 0 spiro atoms. The number of nitrogens with one attached hydrogen (secondary N) is 1. The minimum atomic E-state index is 0.566. The molecule has 0 aliphatic rings. The maximum atomic E-state index is 12.0. The third-order valence-electron chi connectivity index (χ3n) is 14.6. The van der Waals surface area contributed by atoms with Crippen molar-refractivity contribution >= 4 is 50.3 Å². The highest BCUT2D eigenvalue weighted by Crippen LogP contribution is 2.48. The standard InChI is InChI=1S/C69H45N7/c70-44-58-67(52-33-37-60(72-54-27-15-5-16-28-54)64(41-52)74-45-71-59-35-31-50(39-63(59)74)46-19-7-1-8-20-46)56(48-23-11-3-12-24-48)43-57(49-25-13-4-14-26-49)68(58)53-34-38-62-66(42-53)76-65-40-51(47-21-9-2-10-22-47)32-36-61(65)73-69(76)75(62)55-29-17-6-18-30-55/h1-43,45,72H. The lowest BCUT2D eigenvalue weighted by Crippen LogP contribution is -2.02. The molecule has 14 rings (SSSR count). The average molecular weight is 972 g/mol. The number of anilines is 2. The second-order valence-electron chi connectivity index (χ2n) is 19.0. The first-order valence-electron chi connectivity index (χ1n) is 25.4. The van der Waals surface area contributed by atoms with E-state index in [1.807, 2.05) is 54.9 Å². The Balaban J connectivity index is 1.05. The number of nitriles is 1. The van der Waals surface area contributed by atoms with Crippen LogP contribution in [0.25, 0.3) is 117 Å². The predicted octanol–water partition coefficient (Wildman–Crippen LogP) is 17.4. The SMILES string of the molecule is N#Cc1c(-c2ccc(Nc3ccccc3)c(-n3cnc4ccc(-c5ccccc5)cc43)c2)c(-c2ccccc2)cc(-c2ccccc2)c1-c1ccc2c(c1)n1c3cc(-c4ccccc4)ccc3nc1n2-c1ccccc1. The molecule has 0 aliphatic carbocycles. The van der Waals surface area contributed by atoms with Gasteiger partial charge in [0.2, 0.25) is 5.78 Å². The lowest BCUT2D eigenvalue weighted by molar-refractivity contribution is 1.09. The van der Waals surface area contributed by atoms with Crippen LogP contribution in [-0.4, -0.2) is 23.5 Å². The van der Waals surface area contributed by atoms with E-state index in [4.69, 9.17) is 9.97 Å². The van der Waals surface area contributed by atoms with Crippen LogP contribution in [0, 0.1) is 11.3 Å². The molecule has 3 aromatic heterocycles. The normalized spacial score (nSPS) is 11.4. The Morgan fingerprint density at radius 1 is 0.395 bits per heavy atom. The van der Waals surface area contributed by atoms with Crippen molar-refractivity contribution in [3.8, 4) is 84.2 Å². The van der Waals surface area contributed by atoms with Crippen molar-refractivity contribution in [2.24, 2.45) is 0 Å². The first-order valence-corrected chi connectivity index (χ1v) is 25.4. The topological polar surface area (TPSA) is 75.9 Å². The average Bonchev–Trinajstić information content (AvgIpc) is 4.30. The number of imidazole rings is 3. The number of aromatic nitrogens is 5. The molecule has 0 unspecified atom stereocenters. The molecule has 0 saturated carbocycles. The van der Waals surface area contributed by atoms with Crippen molar-refractivity contribution in [1.82, 2.24) is 23.5 Å². The molecule has 0 aliphatic heterocycles. The van der Waals surface area contributed by atoms with Crippen LogP contribution in [0.2, 0.25) is 0 Å². The molecule has 0 fully saturated rings. The van der Waals surface area contributed by atoms with Gasteiger partial charge in [-0.3, -0.25) is 13.5 Å². The Morgan fingerprint density at radius 3 is 1.50 bits per heavy atom. The molecular weight excluding hydrogens is 927 g/mol. The molecule has 356 valence electrons. The molecular formula is C69H45N7. The number of hydrogen-bond acceptors (Lipinski definition) is 4. The maximum Gasteiger partial charge on any atom is 0.220 e. The number of fused-ring (bicyclic) bond motifs is 6. The fourth-order valence-corrected chi connectivity index (χ4v) is 11.0.